The number of aryl methyl sites for hydroxylation is 1. The standard InChI is InChI=1S/C14H23NO3S/c1-11-5-7-13(8-6-11)14(15-3)12(2)19(16,17)10-9-18-4/h5-8,12,14-15H,9-10H2,1-4H3. The first kappa shape index (κ1) is 16.1. The molecule has 0 spiro atoms. The van der Waals surface area contributed by atoms with E-state index in [4.69, 9.17) is 4.74 Å². The van der Waals surface area contributed by atoms with Crippen LogP contribution < -0.4 is 5.32 Å². The number of nitrogens with one attached hydrogen (secondary N) is 1. The molecule has 19 heavy (non-hydrogen) atoms. The van der Waals surface area contributed by atoms with Crippen molar-refractivity contribution in [2.24, 2.45) is 0 Å². The molecule has 1 N–H and O–H groups in total. The molecule has 4 nitrogen and oxygen atoms in total. The molecule has 5 heteroatoms. The van der Waals surface area contributed by atoms with Gasteiger partial charge in [-0.3, -0.25) is 0 Å². The van der Waals surface area contributed by atoms with Crippen molar-refractivity contribution in [3.05, 3.63) is 35.4 Å². The lowest BCUT2D eigenvalue weighted by molar-refractivity contribution is 0.217. The van der Waals surface area contributed by atoms with Gasteiger partial charge in [-0.15, -0.1) is 0 Å². The van der Waals surface area contributed by atoms with Crippen LogP contribution in [0.15, 0.2) is 24.3 Å². The summed E-state index contributed by atoms with van der Waals surface area (Å²) in [6, 6.07) is 7.72. The van der Waals surface area contributed by atoms with E-state index in [2.05, 4.69) is 5.32 Å². The zero-order chi connectivity index (χ0) is 14.5. The van der Waals surface area contributed by atoms with Crippen LogP contribution in [-0.4, -0.2) is 40.2 Å². The van der Waals surface area contributed by atoms with Crippen molar-refractivity contribution in [1.29, 1.82) is 0 Å². The van der Waals surface area contributed by atoms with E-state index >= 15 is 0 Å². The molecule has 2 atom stereocenters. The number of ether oxygens (including phenoxy) is 1. The van der Waals surface area contributed by atoms with E-state index in [0.29, 0.717) is 0 Å². The molecule has 1 rings (SSSR count). The fourth-order valence-corrected chi connectivity index (χ4v) is 3.52. The summed E-state index contributed by atoms with van der Waals surface area (Å²) in [5, 5.41) is 2.61. The predicted molar refractivity (Wildman–Crippen MR) is 78.1 cm³/mol. The monoisotopic (exact) mass is 285 g/mol. The molecule has 2 unspecified atom stereocenters. The van der Waals surface area contributed by atoms with Crippen molar-refractivity contribution in [2.45, 2.75) is 25.1 Å². The van der Waals surface area contributed by atoms with Gasteiger partial charge in [-0.1, -0.05) is 29.8 Å². The zero-order valence-corrected chi connectivity index (χ0v) is 12.8. The number of methoxy groups -OCH3 is 1. The molecule has 108 valence electrons. The van der Waals surface area contributed by atoms with Crippen molar-refractivity contribution >= 4 is 9.84 Å². The molecule has 1 aromatic rings. The lowest BCUT2D eigenvalue weighted by Gasteiger charge is -2.24. The van der Waals surface area contributed by atoms with Gasteiger partial charge in [0.05, 0.1) is 17.6 Å². The summed E-state index contributed by atoms with van der Waals surface area (Å²) in [6.45, 7) is 3.99. The topological polar surface area (TPSA) is 55.4 Å². The second kappa shape index (κ2) is 7.03. The summed E-state index contributed by atoms with van der Waals surface area (Å²) < 4.78 is 29.3. The minimum absolute atomic E-state index is 0.0503. The van der Waals surface area contributed by atoms with Gasteiger partial charge in [-0.05, 0) is 26.5 Å². The predicted octanol–water partition coefficient (Wildman–Crippen LogP) is 1.71. The third kappa shape index (κ3) is 4.30. The second-order valence-corrected chi connectivity index (χ2v) is 7.22. The minimum Gasteiger partial charge on any atom is -0.384 e. The van der Waals surface area contributed by atoms with Gasteiger partial charge < -0.3 is 10.1 Å². The lowest BCUT2D eigenvalue weighted by atomic mass is 10.0. The molecular weight excluding hydrogens is 262 g/mol. The lowest BCUT2D eigenvalue weighted by Crippen LogP contribution is -2.35. The van der Waals surface area contributed by atoms with Crippen LogP contribution in [0.1, 0.15) is 24.1 Å². The average molecular weight is 285 g/mol. The Morgan fingerprint density at radius 2 is 1.84 bits per heavy atom. The normalized spacial score (nSPS) is 15.2. The summed E-state index contributed by atoms with van der Waals surface area (Å²) in [6.07, 6.45) is 0. The highest BCUT2D eigenvalue weighted by molar-refractivity contribution is 7.92. The van der Waals surface area contributed by atoms with Crippen LogP contribution in [0.5, 0.6) is 0 Å². The molecule has 0 bridgehead atoms. The van der Waals surface area contributed by atoms with E-state index in [1.807, 2.05) is 31.2 Å². The molecular formula is C14H23NO3S. The molecule has 0 saturated carbocycles. The number of benzene rings is 1. The average Bonchev–Trinajstić information content (AvgIpc) is 2.39. The van der Waals surface area contributed by atoms with E-state index in [9.17, 15) is 8.42 Å². The van der Waals surface area contributed by atoms with Crippen LogP contribution in [0.2, 0.25) is 0 Å². The Balaban J connectivity index is 2.93. The number of hydrogen-bond donors (Lipinski definition) is 1. The van der Waals surface area contributed by atoms with Gasteiger partial charge >= 0.3 is 0 Å². The highest BCUT2D eigenvalue weighted by Crippen LogP contribution is 2.22. The van der Waals surface area contributed by atoms with Crippen LogP contribution >= 0.6 is 0 Å². The van der Waals surface area contributed by atoms with Gasteiger partial charge in [0.15, 0.2) is 9.84 Å². The quantitative estimate of drug-likeness (QED) is 0.828. The molecule has 0 fully saturated rings. The van der Waals surface area contributed by atoms with E-state index in [1.165, 1.54) is 7.11 Å². The third-order valence-electron chi connectivity index (χ3n) is 3.36. The summed E-state index contributed by atoms with van der Waals surface area (Å²) in [7, 11) is 0.115. The molecule has 0 aliphatic rings. The Hall–Kier alpha value is -0.910. The van der Waals surface area contributed by atoms with Crippen LogP contribution in [0, 0.1) is 6.92 Å². The number of sulfone groups is 1. The van der Waals surface area contributed by atoms with Gasteiger partial charge in [-0.2, -0.15) is 0 Å². The van der Waals surface area contributed by atoms with Crippen molar-refractivity contribution < 1.29 is 13.2 Å². The van der Waals surface area contributed by atoms with Gasteiger partial charge in [-0.25, -0.2) is 8.42 Å². The molecule has 0 radical (unpaired) electrons. The number of hydrogen-bond acceptors (Lipinski definition) is 4. The Bertz CT molecular complexity index is 482. The van der Waals surface area contributed by atoms with Crippen LogP contribution in [0.25, 0.3) is 0 Å². The first-order valence-electron chi connectivity index (χ1n) is 6.36. The SMILES string of the molecule is CNC(c1ccc(C)cc1)C(C)S(=O)(=O)CCOC. The Labute approximate surface area is 116 Å². The van der Waals surface area contributed by atoms with Gasteiger partial charge in [0.2, 0.25) is 0 Å². The summed E-state index contributed by atoms with van der Waals surface area (Å²) >= 11 is 0. The zero-order valence-electron chi connectivity index (χ0n) is 12.0. The first-order chi connectivity index (χ1) is 8.92. The van der Waals surface area contributed by atoms with Crippen molar-refractivity contribution in [2.75, 3.05) is 26.5 Å². The molecule has 0 heterocycles. The largest absolute Gasteiger partial charge is 0.384 e. The Morgan fingerprint density at radius 1 is 1.26 bits per heavy atom. The van der Waals surface area contributed by atoms with Crippen LogP contribution in [0.4, 0.5) is 0 Å². The molecule has 0 aliphatic carbocycles. The maximum absolute atomic E-state index is 12.2. The summed E-state index contributed by atoms with van der Waals surface area (Å²) in [4.78, 5) is 0. The van der Waals surface area contributed by atoms with Gasteiger partial charge in [0, 0.05) is 13.2 Å². The minimum atomic E-state index is -3.18. The Morgan fingerprint density at radius 3 is 2.32 bits per heavy atom. The van der Waals surface area contributed by atoms with E-state index < -0.39 is 15.1 Å². The van der Waals surface area contributed by atoms with Crippen molar-refractivity contribution in [3.63, 3.8) is 0 Å². The molecule has 1 aromatic carbocycles. The maximum Gasteiger partial charge on any atom is 0.157 e. The van der Waals surface area contributed by atoms with E-state index in [0.717, 1.165) is 11.1 Å². The van der Waals surface area contributed by atoms with Gasteiger partial charge in [0.1, 0.15) is 0 Å². The number of rotatable bonds is 7. The molecule has 0 saturated heterocycles. The van der Waals surface area contributed by atoms with Gasteiger partial charge in [0.25, 0.3) is 0 Å². The van der Waals surface area contributed by atoms with Crippen LogP contribution in [-0.2, 0) is 14.6 Å². The Kier molecular flexibility index (Phi) is 5.97. The molecule has 0 amide bonds. The fraction of sp³-hybridized carbons (Fsp3) is 0.571. The maximum atomic E-state index is 12.2. The van der Waals surface area contributed by atoms with Crippen LogP contribution in [0.3, 0.4) is 0 Å². The van der Waals surface area contributed by atoms with Crippen molar-refractivity contribution in [1.82, 2.24) is 5.32 Å². The highest BCUT2D eigenvalue weighted by Gasteiger charge is 2.29. The van der Waals surface area contributed by atoms with E-state index in [1.54, 1.807) is 14.0 Å². The highest BCUT2D eigenvalue weighted by atomic mass is 32.2. The molecule has 0 aliphatic heterocycles. The second-order valence-electron chi connectivity index (χ2n) is 4.74. The summed E-state index contributed by atoms with van der Waals surface area (Å²) in [5.74, 6) is 0.0503. The summed E-state index contributed by atoms with van der Waals surface area (Å²) in [5.41, 5.74) is 2.15. The third-order valence-corrected chi connectivity index (χ3v) is 5.50. The molecule has 0 aromatic heterocycles. The smallest absolute Gasteiger partial charge is 0.157 e. The fourth-order valence-electron chi connectivity index (χ4n) is 2.04. The van der Waals surface area contributed by atoms with Crippen molar-refractivity contribution in [3.8, 4) is 0 Å². The first-order valence-corrected chi connectivity index (χ1v) is 8.08. The van der Waals surface area contributed by atoms with E-state index in [-0.39, 0.29) is 18.4 Å².